The fourth-order valence-corrected chi connectivity index (χ4v) is 3.42. The van der Waals surface area contributed by atoms with Crippen LogP contribution in [0.4, 0.5) is 0 Å². The van der Waals surface area contributed by atoms with Gasteiger partial charge in [-0.2, -0.15) is 0 Å². The highest BCUT2D eigenvalue weighted by atomic mass is 16.4. The molecule has 0 saturated heterocycles. The predicted octanol–water partition coefficient (Wildman–Crippen LogP) is 2.89. The third kappa shape index (κ3) is 3.51. The standard InChI is InChI=1S/C17H25NO4/c1-3-18(11-12-6-4-5-7-12)14-8-13(15(19)20)9-17(2,10-14)16(21)22/h8,10,12H,3-7,9,11H2,1-2H3,(H,19,20)(H,21,22). The van der Waals surface area contributed by atoms with Crippen LogP contribution >= 0.6 is 0 Å². The minimum atomic E-state index is -1.15. The Bertz CT molecular complexity index is 517. The number of hydrogen-bond acceptors (Lipinski definition) is 3. The first-order chi connectivity index (χ1) is 10.4. The summed E-state index contributed by atoms with van der Waals surface area (Å²) in [5.74, 6) is -1.38. The summed E-state index contributed by atoms with van der Waals surface area (Å²) in [6.07, 6.45) is 8.31. The zero-order chi connectivity index (χ0) is 16.3. The van der Waals surface area contributed by atoms with E-state index in [0.717, 1.165) is 18.8 Å². The van der Waals surface area contributed by atoms with Crippen molar-refractivity contribution in [1.82, 2.24) is 4.90 Å². The van der Waals surface area contributed by atoms with Crippen LogP contribution in [0.1, 0.15) is 46.0 Å². The first kappa shape index (κ1) is 16.6. The van der Waals surface area contributed by atoms with Gasteiger partial charge < -0.3 is 15.1 Å². The van der Waals surface area contributed by atoms with Crippen molar-refractivity contribution in [3.05, 3.63) is 23.4 Å². The van der Waals surface area contributed by atoms with E-state index < -0.39 is 17.4 Å². The number of likely N-dealkylation sites (N-methyl/N-ethyl adjacent to an activating group) is 1. The molecule has 0 amide bonds. The second-order valence-electron chi connectivity index (χ2n) is 6.63. The van der Waals surface area contributed by atoms with Crippen LogP contribution in [0.3, 0.4) is 0 Å². The SMILES string of the molecule is CCN(CC1CCCC1)C1=CC(C)(C(=O)O)CC(C(=O)O)=C1. The van der Waals surface area contributed by atoms with E-state index in [-0.39, 0.29) is 12.0 Å². The summed E-state index contributed by atoms with van der Waals surface area (Å²) in [5, 5.41) is 18.8. The van der Waals surface area contributed by atoms with Gasteiger partial charge in [-0.1, -0.05) is 12.8 Å². The number of carboxylic acids is 2. The van der Waals surface area contributed by atoms with Crippen molar-refractivity contribution in [3.63, 3.8) is 0 Å². The summed E-state index contributed by atoms with van der Waals surface area (Å²) in [7, 11) is 0. The molecular formula is C17H25NO4. The minimum Gasteiger partial charge on any atom is -0.481 e. The topological polar surface area (TPSA) is 77.8 Å². The average Bonchev–Trinajstić information content (AvgIpc) is 2.96. The van der Waals surface area contributed by atoms with Crippen LogP contribution in [0.25, 0.3) is 0 Å². The number of carboxylic acid groups (broad SMARTS) is 2. The number of hydrogen-bond donors (Lipinski definition) is 2. The maximum absolute atomic E-state index is 11.6. The van der Waals surface area contributed by atoms with Crippen LogP contribution in [0.15, 0.2) is 23.4 Å². The Labute approximate surface area is 131 Å². The monoisotopic (exact) mass is 307 g/mol. The molecule has 22 heavy (non-hydrogen) atoms. The van der Waals surface area contributed by atoms with Crippen molar-refractivity contribution < 1.29 is 19.8 Å². The molecule has 0 aromatic rings. The van der Waals surface area contributed by atoms with E-state index in [9.17, 15) is 19.8 Å². The molecule has 5 heteroatoms. The summed E-state index contributed by atoms with van der Waals surface area (Å²) in [5.41, 5.74) is -0.240. The Kier molecular flexibility index (Phi) is 4.94. The molecule has 1 atom stereocenters. The minimum absolute atomic E-state index is 0.0299. The van der Waals surface area contributed by atoms with Gasteiger partial charge in [0.2, 0.25) is 0 Å². The van der Waals surface area contributed by atoms with Gasteiger partial charge in [-0.3, -0.25) is 4.79 Å². The molecule has 2 aliphatic carbocycles. The molecule has 0 aromatic heterocycles. The van der Waals surface area contributed by atoms with Crippen LogP contribution in [0.5, 0.6) is 0 Å². The molecule has 2 aliphatic rings. The van der Waals surface area contributed by atoms with Gasteiger partial charge in [-0.05, 0) is 51.2 Å². The van der Waals surface area contributed by atoms with Gasteiger partial charge in [0.1, 0.15) is 0 Å². The number of allylic oxidation sites excluding steroid dienone is 1. The molecule has 0 radical (unpaired) electrons. The second-order valence-corrected chi connectivity index (χ2v) is 6.63. The van der Waals surface area contributed by atoms with Gasteiger partial charge in [0.05, 0.1) is 5.41 Å². The largest absolute Gasteiger partial charge is 0.481 e. The lowest BCUT2D eigenvalue weighted by Gasteiger charge is -2.33. The van der Waals surface area contributed by atoms with Gasteiger partial charge in [-0.25, -0.2) is 4.79 Å². The molecule has 1 saturated carbocycles. The van der Waals surface area contributed by atoms with Crippen LogP contribution in [-0.2, 0) is 9.59 Å². The van der Waals surface area contributed by atoms with Crippen LogP contribution < -0.4 is 0 Å². The van der Waals surface area contributed by atoms with Crippen molar-refractivity contribution in [2.24, 2.45) is 11.3 Å². The lowest BCUT2D eigenvalue weighted by Crippen LogP contribution is -2.35. The average molecular weight is 307 g/mol. The Morgan fingerprint density at radius 1 is 1.32 bits per heavy atom. The van der Waals surface area contributed by atoms with E-state index in [1.165, 1.54) is 25.7 Å². The van der Waals surface area contributed by atoms with Crippen LogP contribution in [-0.4, -0.2) is 40.1 Å². The maximum Gasteiger partial charge on any atom is 0.331 e. The Balaban J connectivity index is 2.28. The second kappa shape index (κ2) is 6.55. The quantitative estimate of drug-likeness (QED) is 0.789. The summed E-state index contributed by atoms with van der Waals surface area (Å²) in [6.45, 7) is 5.24. The molecule has 1 unspecified atom stereocenters. The Morgan fingerprint density at radius 2 is 1.95 bits per heavy atom. The van der Waals surface area contributed by atoms with Crippen LogP contribution in [0.2, 0.25) is 0 Å². The van der Waals surface area contributed by atoms with Gasteiger partial charge in [0, 0.05) is 24.4 Å². The molecule has 0 aromatic carbocycles. The number of carbonyl (C=O) groups is 2. The zero-order valence-electron chi connectivity index (χ0n) is 13.3. The van der Waals surface area contributed by atoms with E-state index in [1.54, 1.807) is 19.1 Å². The van der Waals surface area contributed by atoms with Gasteiger partial charge in [0.25, 0.3) is 0 Å². The highest BCUT2D eigenvalue weighted by Gasteiger charge is 2.37. The smallest absolute Gasteiger partial charge is 0.331 e. The molecule has 0 bridgehead atoms. The van der Waals surface area contributed by atoms with Crippen LogP contribution in [0, 0.1) is 11.3 Å². The molecule has 2 N–H and O–H groups in total. The fourth-order valence-electron chi connectivity index (χ4n) is 3.42. The lowest BCUT2D eigenvalue weighted by molar-refractivity contribution is -0.145. The van der Waals surface area contributed by atoms with Crippen molar-refractivity contribution in [3.8, 4) is 0 Å². The summed E-state index contributed by atoms with van der Waals surface area (Å²) < 4.78 is 0. The van der Waals surface area contributed by atoms with Gasteiger partial charge >= 0.3 is 11.9 Å². The summed E-state index contributed by atoms with van der Waals surface area (Å²) >= 11 is 0. The highest BCUT2D eigenvalue weighted by Crippen LogP contribution is 2.36. The normalized spacial score (nSPS) is 25.5. The third-order valence-corrected chi connectivity index (χ3v) is 4.81. The van der Waals surface area contributed by atoms with Crippen molar-refractivity contribution in [2.75, 3.05) is 13.1 Å². The molecule has 2 rings (SSSR count). The van der Waals surface area contributed by atoms with E-state index in [4.69, 9.17) is 0 Å². The number of rotatable bonds is 6. The molecule has 122 valence electrons. The summed E-state index contributed by atoms with van der Waals surface area (Å²) in [6, 6.07) is 0. The maximum atomic E-state index is 11.6. The van der Waals surface area contributed by atoms with Crippen molar-refractivity contribution in [2.45, 2.75) is 46.0 Å². The number of aliphatic carboxylic acids is 2. The molecule has 5 nitrogen and oxygen atoms in total. The predicted molar refractivity (Wildman–Crippen MR) is 83.4 cm³/mol. The van der Waals surface area contributed by atoms with E-state index in [0.29, 0.717) is 5.92 Å². The molecule has 0 aliphatic heterocycles. The number of nitrogens with zero attached hydrogens (tertiary/aromatic N) is 1. The molecule has 0 spiro atoms. The van der Waals surface area contributed by atoms with Gasteiger partial charge in [0.15, 0.2) is 0 Å². The van der Waals surface area contributed by atoms with Crippen molar-refractivity contribution >= 4 is 11.9 Å². The van der Waals surface area contributed by atoms with Gasteiger partial charge in [-0.15, -0.1) is 0 Å². The molecular weight excluding hydrogens is 282 g/mol. The van der Waals surface area contributed by atoms with E-state index in [1.807, 2.05) is 6.92 Å². The Hall–Kier alpha value is -1.78. The molecule has 1 fully saturated rings. The molecule has 0 heterocycles. The zero-order valence-corrected chi connectivity index (χ0v) is 13.3. The van der Waals surface area contributed by atoms with Crippen molar-refractivity contribution in [1.29, 1.82) is 0 Å². The van der Waals surface area contributed by atoms with E-state index in [2.05, 4.69) is 4.90 Å². The Morgan fingerprint density at radius 3 is 2.45 bits per heavy atom. The summed E-state index contributed by atoms with van der Waals surface area (Å²) in [4.78, 5) is 25.0. The first-order valence-corrected chi connectivity index (χ1v) is 8.01. The first-order valence-electron chi connectivity index (χ1n) is 8.01. The lowest BCUT2D eigenvalue weighted by atomic mass is 9.79. The fraction of sp³-hybridized carbons (Fsp3) is 0.647. The highest BCUT2D eigenvalue weighted by molar-refractivity contribution is 5.90. The van der Waals surface area contributed by atoms with E-state index >= 15 is 0 Å². The third-order valence-electron chi connectivity index (χ3n) is 4.81.